The Kier molecular flexibility index (Phi) is 9.80. The molecule has 0 spiro atoms. The molecular formula is C27H41N5O5. The summed E-state index contributed by atoms with van der Waals surface area (Å²) in [7, 11) is 0. The number of rotatable bonds is 11. The van der Waals surface area contributed by atoms with Gasteiger partial charge in [0.15, 0.2) is 0 Å². The number of ether oxygens (including phenoxy) is 3. The monoisotopic (exact) mass is 515 g/mol. The van der Waals surface area contributed by atoms with Gasteiger partial charge in [-0.05, 0) is 0 Å². The number of aliphatic hydroxyl groups is 1. The maximum absolute atomic E-state index is 11.1. The fourth-order valence-corrected chi connectivity index (χ4v) is 5.28. The highest BCUT2D eigenvalue weighted by Crippen LogP contribution is 2.33. The summed E-state index contributed by atoms with van der Waals surface area (Å²) in [6, 6.07) is 10.2. The molecule has 4 heterocycles. The van der Waals surface area contributed by atoms with E-state index in [1.807, 2.05) is 18.2 Å². The van der Waals surface area contributed by atoms with E-state index in [0.29, 0.717) is 32.8 Å². The molecule has 0 radical (unpaired) electrons. The van der Waals surface area contributed by atoms with Crippen LogP contribution in [0.4, 0.5) is 5.88 Å². The predicted molar refractivity (Wildman–Crippen MR) is 141 cm³/mol. The molecule has 3 saturated heterocycles. The molecule has 5 rings (SSSR count). The van der Waals surface area contributed by atoms with Gasteiger partial charge in [0.1, 0.15) is 5.69 Å². The number of aliphatic hydroxyl groups excluding tert-OH is 1. The summed E-state index contributed by atoms with van der Waals surface area (Å²) < 4.78 is 22.6. The first kappa shape index (κ1) is 26.6. The van der Waals surface area contributed by atoms with Crippen molar-refractivity contribution in [2.75, 3.05) is 110 Å². The predicted octanol–water partition coefficient (Wildman–Crippen LogP) is 1.01. The van der Waals surface area contributed by atoms with Crippen LogP contribution in [0.15, 0.2) is 34.9 Å². The summed E-state index contributed by atoms with van der Waals surface area (Å²) >= 11 is 0. The maximum Gasteiger partial charge on any atom is 0.232 e. The quantitative estimate of drug-likeness (QED) is 0.468. The van der Waals surface area contributed by atoms with Crippen molar-refractivity contribution in [2.24, 2.45) is 0 Å². The second kappa shape index (κ2) is 13.7. The Morgan fingerprint density at radius 1 is 0.838 bits per heavy atom. The highest BCUT2D eigenvalue weighted by Gasteiger charge is 2.27. The molecule has 0 saturated carbocycles. The lowest BCUT2D eigenvalue weighted by atomic mass is 10.1. The van der Waals surface area contributed by atoms with Crippen LogP contribution < -0.4 is 4.90 Å². The van der Waals surface area contributed by atoms with E-state index in [4.69, 9.17) is 18.7 Å². The molecule has 10 nitrogen and oxygen atoms in total. The molecule has 1 aromatic carbocycles. The van der Waals surface area contributed by atoms with Crippen LogP contribution in [0.2, 0.25) is 0 Å². The molecular weight excluding hydrogens is 474 g/mol. The summed E-state index contributed by atoms with van der Waals surface area (Å²) in [6.45, 7) is 13.3. The molecule has 3 fully saturated rings. The Hall–Kier alpha value is -2.05. The first-order valence-electron chi connectivity index (χ1n) is 13.6. The Bertz CT molecular complexity index is 927. The highest BCUT2D eigenvalue weighted by molar-refractivity contribution is 5.68. The number of hydrogen-bond donors (Lipinski definition) is 1. The Morgan fingerprint density at radius 3 is 2.14 bits per heavy atom. The fraction of sp³-hybridized carbons (Fsp3) is 0.667. The molecule has 1 atom stereocenters. The number of nitrogens with zero attached hydrogens (tertiary/aromatic N) is 5. The molecule has 2 aromatic rings. The second-order valence-corrected chi connectivity index (χ2v) is 10.0. The van der Waals surface area contributed by atoms with Gasteiger partial charge < -0.3 is 28.7 Å². The van der Waals surface area contributed by atoms with E-state index in [2.05, 4.69) is 36.9 Å². The first-order valence-corrected chi connectivity index (χ1v) is 13.6. The Morgan fingerprint density at radius 2 is 1.46 bits per heavy atom. The van der Waals surface area contributed by atoms with Gasteiger partial charge in [0.25, 0.3) is 0 Å². The Balaban J connectivity index is 1.35. The van der Waals surface area contributed by atoms with Crippen molar-refractivity contribution in [1.29, 1.82) is 0 Å². The van der Waals surface area contributed by atoms with Gasteiger partial charge in [-0.3, -0.25) is 14.7 Å². The van der Waals surface area contributed by atoms with Crippen LogP contribution in [0, 0.1) is 0 Å². The van der Waals surface area contributed by atoms with Crippen molar-refractivity contribution in [3.8, 4) is 11.3 Å². The number of hydrogen-bond acceptors (Lipinski definition) is 10. The average molecular weight is 516 g/mol. The van der Waals surface area contributed by atoms with E-state index < -0.39 is 6.10 Å². The second-order valence-electron chi connectivity index (χ2n) is 10.0. The van der Waals surface area contributed by atoms with Crippen molar-refractivity contribution in [3.05, 3.63) is 35.9 Å². The summed E-state index contributed by atoms with van der Waals surface area (Å²) in [5.41, 5.74) is 3.00. The zero-order chi connectivity index (χ0) is 25.3. The Labute approximate surface area is 219 Å². The van der Waals surface area contributed by atoms with Crippen LogP contribution >= 0.6 is 0 Å². The largest absolute Gasteiger partial charge is 0.390 e. The van der Waals surface area contributed by atoms with E-state index in [-0.39, 0.29) is 0 Å². The molecule has 10 heteroatoms. The van der Waals surface area contributed by atoms with Gasteiger partial charge in [-0.1, -0.05) is 35.5 Å². The zero-order valence-electron chi connectivity index (χ0n) is 21.8. The van der Waals surface area contributed by atoms with Gasteiger partial charge in [0.05, 0.1) is 51.3 Å². The smallest absolute Gasteiger partial charge is 0.232 e. The van der Waals surface area contributed by atoms with Gasteiger partial charge >= 0.3 is 0 Å². The zero-order valence-corrected chi connectivity index (χ0v) is 21.8. The van der Waals surface area contributed by atoms with Gasteiger partial charge in [-0.2, -0.15) is 0 Å². The molecule has 3 aliphatic heterocycles. The molecule has 1 aromatic heterocycles. The normalized spacial score (nSPS) is 21.0. The van der Waals surface area contributed by atoms with E-state index >= 15 is 0 Å². The summed E-state index contributed by atoms with van der Waals surface area (Å²) in [6.07, 6.45) is -0.449. The molecule has 1 N–H and O–H groups in total. The summed E-state index contributed by atoms with van der Waals surface area (Å²) in [4.78, 5) is 9.34. The third-order valence-electron chi connectivity index (χ3n) is 7.37. The average Bonchev–Trinajstić information content (AvgIpc) is 3.37. The number of β-amino-alcohol motifs (C(OH)–C–C–N with tert-alkyl or cyclic N) is 1. The van der Waals surface area contributed by atoms with Gasteiger partial charge in [0, 0.05) is 77.6 Å². The van der Waals surface area contributed by atoms with Crippen molar-refractivity contribution < 1.29 is 23.8 Å². The first-order chi connectivity index (χ1) is 18.3. The van der Waals surface area contributed by atoms with Crippen molar-refractivity contribution >= 4 is 5.88 Å². The van der Waals surface area contributed by atoms with Crippen molar-refractivity contribution in [2.45, 2.75) is 12.6 Å². The van der Waals surface area contributed by atoms with Crippen LogP contribution in [-0.2, 0) is 20.8 Å². The lowest BCUT2D eigenvalue weighted by molar-refractivity contribution is 0.00280. The third kappa shape index (κ3) is 7.51. The van der Waals surface area contributed by atoms with E-state index in [0.717, 1.165) is 101 Å². The maximum atomic E-state index is 11.1. The number of benzene rings is 1. The molecule has 37 heavy (non-hydrogen) atoms. The minimum atomic E-state index is -0.449. The molecule has 3 aliphatic rings. The van der Waals surface area contributed by atoms with Crippen LogP contribution in [0.1, 0.15) is 5.56 Å². The number of morpholine rings is 3. The SMILES string of the molecule is OC(CN1CCOCC1)CN(CCN1CCOCC1)Cc1c(-c2ccccc2)noc1N1CCOCC1. The highest BCUT2D eigenvalue weighted by atomic mass is 16.5. The van der Waals surface area contributed by atoms with Gasteiger partial charge in [-0.25, -0.2) is 0 Å². The molecule has 204 valence electrons. The van der Waals surface area contributed by atoms with Crippen molar-refractivity contribution in [3.63, 3.8) is 0 Å². The fourth-order valence-electron chi connectivity index (χ4n) is 5.28. The van der Waals surface area contributed by atoms with Crippen molar-refractivity contribution in [1.82, 2.24) is 19.9 Å². The van der Waals surface area contributed by atoms with Crippen LogP contribution in [0.3, 0.4) is 0 Å². The number of aromatic nitrogens is 1. The lowest BCUT2D eigenvalue weighted by Gasteiger charge is -2.33. The lowest BCUT2D eigenvalue weighted by Crippen LogP contribution is -2.46. The topological polar surface area (TPSA) is 86.9 Å². The van der Waals surface area contributed by atoms with E-state index in [9.17, 15) is 5.11 Å². The van der Waals surface area contributed by atoms with Gasteiger partial charge in [-0.15, -0.1) is 0 Å². The molecule has 1 unspecified atom stereocenters. The standard InChI is InChI=1S/C27H41N5O5/c33-24(20-30-10-16-35-17-11-30)21-31(7-6-29-8-14-34-15-9-29)22-25-26(23-4-2-1-3-5-23)28-37-27(25)32-12-18-36-19-13-32/h1-5,24,33H,6-22H2. The van der Waals surface area contributed by atoms with Crippen LogP contribution in [0.5, 0.6) is 0 Å². The third-order valence-corrected chi connectivity index (χ3v) is 7.37. The number of anilines is 1. The summed E-state index contributed by atoms with van der Waals surface area (Å²) in [5.74, 6) is 0.821. The van der Waals surface area contributed by atoms with Crippen LogP contribution in [0.25, 0.3) is 11.3 Å². The molecule has 0 aliphatic carbocycles. The minimum Gasteiger partial charge on any atom is -0.390 e. The van der Waals surface area contributed by atoms with E-state index in [1.165, 1.54) is 0 Å². The molecule has 0 bridgehead atoms. The van der Waals surface area contributed by atoms with Crippen LogP contribution in [-0.4, -0.2) is 136 Å². The van der Waals surface area contributed by atoms with Gasteiger partial charge in [0.2, 0.25) is 5.88 Å². The minimum absolute atomic E-state index is 0.449. The summed E-state index contributed by atoms with van der Waals surface area (Å²) in [5, 5.41) is 15.7. The molecule has 0 amide bonds. The van der Waals surface area contributed by atoms with E-state index in [1.54, 1.807) is 0 Å².